The van der Waals surface area contributed by atoms with Crippen molar-refractivity contribution in [1.29, 1.82) is 0 Å². The number of piperidine rings is 1. The van der Waals surface area contributed by atoms with Crippen molar-refractivity contribution < 1.29 is 4.79 Å². The van der Waals surface area contributed by atoms with Crippen LogP contribution in [0.3, 0.4) is 0 Å². The highest BCUT2D eigenvalue weighted by Crippen LogP contribution is 2.24. The van der Waals surface area contributed by atoms with Crippen LogP contribution in [0.5, 0.6) is 0 Å². The van der Waals surface area contributed by atoms with Crippen molar-refractivity contribution in [2.75, 3.05) is 13.1 Å². The van der Waals surface area contributed by atoms with Gasteiger partial charge in [-0.05, 0) is 68.2 Å². The Morgan fingerprint density at radius 1 is 1.30 bits per heavy atom. The number of benzene rings is 1. The fourth-order valence-electron chi connectivity index (χ4n) is 3.93. The third-order valence-electron chi connectivity index (χ3n) is 5.36. The van der Waals surface area contributed by atoms with Crippen LogP contribution in [0, 0.1) is 11.8 Å². The van der Waals surface area contributed by atoms with E-state index in [0.29, 0.717) is 24.3 Å². The summed E-state index contributed by atoms with van der Waals surface area (Å²) in [5, 5.41) is 6.72. The van der Waals surface area contributed by atoms with E-state index in [1.165, 1.54) is 24.0 Å². The molecule has 2 N–H and O–H groups in total. The van der Waals surface area contributed by atoms with Gasteiger partial charge >= 0.3 is 0 Å². The second-order valence-corrected chi connectivity index (χ2v) is 7.06. The summed E-state index contributed by atoms with van der Waals surface area (Å²) in [6.45, 7) is 4.44. The van der Waals surface area contributed by atoms with Crippen LogP contribution in [0.25, 0.3) is 0 Å². The summed E-state index contributed by atoms with van der Waals surface area (Å²) in [6.07, 6.45) is 6.32. The van der Waals surface area contributed by atoms with Crippen LogP contribution in [-0.2, 0) is 17.6 Å². The molecule has 128 valence electrons. The molecule has 4 heteroatoms. The lowest BCUT2D eigenvalue weighted by atomic mass is 9.84. The molecule has 23 heavy (non-hydrogen) atoms. The molecule has 2 aliphatic rings. The predicted octanol–water partition coefficient (Wildman–Crippen LogP) is 3.11. The van der Waals surface area contributed by atoms with E-state index >= 15 is 0 Å². The minimum atomic E-state index is 0. The standard InChI is InChI=1S/C19H28N2O.ClH/c1-14(17-7-4-10-20-13-17)11-19(22)21-18-9-8-15-5-2-3-6-16(15)12-18;/h2-3,5-6,14,17-18,20H,4,7-13H2,1H3,(H,21,22);1H. The number of halogens is 1. The van der Waals surface area contributed by atoms with Gasteiger partial charge in [0.2, 0.25) is 5.91 Å². The first-order valence-electron chi connectivity index (χ1n) is 8.79. The van der Waals surface area contributed by atoms with Gasteiger partial charge in [0.15, 0.2) is 0 Å². The zero-order chi connectivity index (χ0) is 15.4. The van der Waals surface area contributed by atoms with E-state index in [1.807, 2.05) is 0 Å². The van der Waals surface area contributed by atoms with Crippen LogP contribution >= 0.6 is 12.4 Å². The number of aryl methyl sites for hydroxylation is 1. The van der Waals surface area contributed by atoms with Crippen molar-refractivity contribution in [2.24, 2.45) is 11.8 Å². The zero-order valence-corrected chi connectivity index (χ0v) is 14.8. The van der Waals surface area contributed by atoms with Crippen LogP contribution in [0.4, 0.5) is 0 Å². The third kappa shape index (κ3) is 4.95. The molecule has 1 saturated heterocycles. The van der Waals surface area contributed by atoms with Crippen molar-refractivity contribution >= 4 is 18.3 Å². The molecule has 1 fully saturated rings. The molecule has 1 aliphatic heterocycles. The Kier molecular flexibility index (Phi) is 6.91. The number of amides is 1. The van der Waals surface area contributed by atoms with E-state index in [2.05, 4.69) is 41.8 Å². The van der Waals surface area contributed by atoms with Crippen molar-refractivity contribution in [1.82, 2.24) is 10.6 Å². The van der Waals surface area contributed by atoms with Crippen LogP contribution in [-0.4, -0.2) is 25.0 Å². The van der Waals surface area contributed by atoms with Gasteiger partial charge < -0.3 is 10.6 Å². The van der Waals surface area contributed by atoms with E-state index in [9.17, 15) is 4.79 Å². The molecule has 3 rings (SSSR count). The summed E-state index contributed by atoms with van der Waals surface area (Å²) in [5.74, 6) is 1.37. The molecule has 0 saturated carbocycles. The van der Waals surface area contributed by atoms with Gasteiger partial charge in [0.1, 0.15) is 0 Å². The van der Waals surface area contributed by atoms with E-state index in [-0.39, 0.29) is 18.3 Å². The van der Waals surface area contributed by atoms with Gasteiger partial charge in [-0.3, -0.25) is 4.79 Å². The molecule has 0 radical (unpaired) electrons. The maximum atomic E-state index is 12.3. The second kappa shape index (κ2) is 8.70. The fraction of sp³-hybridized carbons (Fsp3) is 0.632. The number of carbonyl (C=O) groups excluding carboxylic acids is 1. The average molecular weight is 337 g/mol. The Bertz CT molecular complexity index is 514. The molecule has 3 nitrogen and oxygen atoms in total. The van der Waals surface area contributed by atoms with Gasteiger partial charge in [-0.15, -0.1) is 12.4 Å². The molecule has 1 aromatic rings. The summed E-state index contributed by atoms with van der Waals surface area (Å²) in [4.78, 5) is 12.3. The summed E-state index contributed by atoms with van der Waals surface area (Å²) in [5.41, 5.74) is 2.86. The number of rotatable bonds is 4. The van der Waals surface area contributed by atoms with Crippen LogP contribution in [0.15, 0.2) is 24.3 Å². The maximum absolute atomic E-state index is 12.3. The highest BCUT2D eigenvalue weighted by Gasteiger charge is 2.24. The number of carbonyl (C=O) groups is 1. The number of hydrogen-bond donors (Lipinski definition) is 2. The van der Waals surface area contributed by atoms with Crippen molar-refractivity contribution in [3.63, 3.8) is 0 Å². The highest BCUT2D eigenvalue weighted by molar-refractivity contribution is 5.85. The Morgan fingerprint density at radius 3 is 2.83 bits per heavy atom. The number of nitrogens with one attached hydrogen (secondary N) is 2. The highest BCUT2D eigenvalue weighted by atomic mass is 35.5. The summed E-state index contributed by atoms with van der Waals surface area (Å²) >= 11 is 0. The van der Waals surface area contributed by atoms with Gasteiger partial charge in [-0.25, -0.2) is 0 Å². The Labute approximate surface area is 146 Å². The molecule has 1 heterocycles. The van der Waals surface area contributed by atoms with E-state index in [1.54, 1.807) is 0 Å². The largest absolute Gasteiger partial charge is 0.353 e. The van der Waals surface area contributed by atoms with Crippen molar-refractivity contribution in [3.05, 3.63) is 35.4 Å². The van der Waals surface area contributed by atoms with Crippen molar-refractivity contribution in [2.45, 2.75) is 51.5 Å². The van der Waals surface area contributed by atoms with Crippen LogP contribution < -0.4 is 10.6 Å². The minimum Gasteiger partial charge on any atom is -0.353 e. The van der Waals surface area contributed by atoms with Gasteiger partial charge in [0, 0.05) is 12.5 Å². The quantitative estimate of drug-likeness (QED) is 0.887. The molecular weight excluding hydrogens is 308 g/mol. The lowest BCUT2D eigenvalue weighted by molar-refractivity contribution is -0.123. The molecule has 1 aliphatic carbocycles. The summed E-state index contributed by atoms with van der Waals surface area (Å²) < 4.78 is 0. The molecule has 3 atom stereocenters. The number of hydrogen-bond acceptors (Lipinski definition) is 2. The minimum absolute atomic E-state index is 0. The molecule has 3 unspecified atom stereocenters. The Balaban J connectivity index is 0.00000192. The topological polar surface area (TPSA) is 41.1 Å². The smallest absolute Gasteiger partial charge is 0.220 e. The van der Waals surface area contributed by atoms with Crippen LogP contribution in [0.1, 0.15) is 43.7 Å². The normalized spacial score (nSPS) is 24.9. The van der Waals surface area contributed by atoms with Crippen molar-refractivity contribution in [3.8, 4) is 0 Å². The van der Waals surface area contributed by atoms with E-state index in [0.717, 1.165) is 32.4 Å². The average Bonchev–Trinajstić information content (AvgIpc) is 2.55. The van der Waals surface area contributed by atoms with E-state index in [4.69, 9.17) is 0 Å². The third-order valence-corrected chi connectivity index (χ3v) is 5.36. The summed E-state index contributed by atoms with van der Waals surface area (Å²) in [6, 6.07) is 8.94. The maximum Gasteiger partial charge on any atom is 0.220 e. The SMILES string of the molecule is CC(CC(=O)NC1CCc2ccccc2C1)C1CCCNC1.Cl. The predicted molar refractivity (Wildman–Crippen MR) is 97.0 cm³/mol. The lowest BCUT2D eigenvalue weighted by Gasteiger charge is -2.29. The van der Waals surface area contributed by atoms with Gasteiger partial charge in [0.25, 0.3) is 0 Å². The van der Waals surface area contributed by atoms with Gasteiger partial charge in [-0.1, -0.05) is 31.2 Å². The van der Waals surface area contributed by atoms with Gasteiger partial charge in [-0.2, -0.15) is 0 Å². The first-order chi connectivity index (χ1) is 10.7. The first-order valence-corrected chi connectivity index (χ1v) is 8.79. The molecule has 1 amide bonds. The van der Waals surface area contributed by atoms with Gasteiger partial charge in [0.05, 0.1) is 0 Å². The van der Waals surface area contributed by atoms with Crippen LogP contribution in [0.2, 0.25) is 0 Å². The second-order valence-electron chi connectivity index (χ2n) is 7.06. The van der Waals surface area contributed by atoms with E-state index < -0.39 is 0 Å². The molecule has 1 aromatic carbocycles. The lowest BCUT2D eigenvalue weighted by Crippen LogP contribution is -2.41. The zero-order valence-electron chi connectivity index (χ0n) is 14.0. The first kappa shape index (κ1) is 18.3. The monoisotopic (exact) mass is 336 g/mol. The fourth-order valence-corrected chi connectivity index (χ4v) is 3.93. The molecule has 0 bridgehead atoms. The Hall–Kier alpha value is -1.06. The summed E-state index contributed by atoms with van der Waals surface area (Å²) in [7, 11) is 0. The molecule has 0 aromatic heterocycles. The Morgan fingerprint density at radius 2 is 2.09 bits per heavy atom. The molecular formula is C19H29ClN2O. The molecule has 0 spiro atoms. The number of fused-ring (bicyclic) bond motifs is 1.